The lowest BCUT2D eigenvalue weighted by Gasteiger charge is -2.12. The Balaban J connectivity index is 2.28. The Morgan fingerprint density at radius 3 is 2.47 bits per heavy atom. The summed E-state index contributed by atoms with van der Waals surface area (Å²) in [5.74, 6) is -0.829. The van der Waals surface area contributed by atoms with Gasteiger partial charge in [0.15, 0.2) is 0 Å². The number of esters is 1. The number of carbonyl (C=O) groups excluding carboxylic acids is 2. The normalized spacial score (nSPS) is 11.0. The van der Waals surface area contributed by atoms with E-state index < -0.39 is 33.4 Å². The number of carbonyl (C=O) groups is 2. The van der Waals surface area contributed by atoms with E-state index in [2.05, 4.69) is 6.58 Å². The zero-order valence-corrected chi connectivity index (χ0v) is 18.0. The van der Waals surface area contributed by atoms with Gasteiger partial charge in [0, 0.05) is 6.07 Å². The van der Waals surface area contributed by atoms with E-state index in [1.165, 1.54) is 6.07 Å². The highest BCUT2D eigenvalue weighted by molar-refractivity contribution is 8.17. The zero-order valence-electron chi connectivity index (χ0n) is 16.4. The quantitative estimate of drug-likeness (QED) is 0.240. The first-order valence-corrected chi connectivity index (χ1v) is 10.0. The van der Waals surface area contributed by atoms with Crippen LogP contribution in [0.4, 0.5) is 18.9 Å². The molecule has 7 nitrogen and oxygen atoms in total. The Kier molecular flexibility index (Phi) is 8.28. The number of halogens is 4. The van der Waals surface area contributed by atoms with Crippen molar-refractivity contribution >= 4 is 40.1 Å². The molecule has 0 atom stereocenters. The summed E-state index contributed by atoms with van der Waals surface area (Å²) >= 11 is 6.37. The zero-order chi connectivity index (χ0) is 24.1. The number of nitro groups is 1. The molecule has 0 aliphatic carbocycles. The number of nitrogens with zero attached hydrogens (tertiary/aromatic N) is 1. The summed E-state index contributed by atoms with van der Waals surface area (Å²) in [4.78, 5) is 34.7. The predicted octanol–water partition coefficient (Wildman–Crippen LogP) is 6.40. The number of benzene rings is 2. The summed E-state index contributed by atoms with van der Waals surface area (Å²) in [6.07, 6.45) is -4.87. The van der Waals surface area contributed by atoms with Crippen LogP contribution in [0.2, 0.25) is 5.02 Å². The Morgan fingerprint density at radius 2 is 1.91 bits per heavy atom. The number of hydrogen-bond donors (Lipinski definition) is 0. The molecular weight excluding hydrogens is 475 g/mol. The second-order valence-corrected chi connectivity index (χ2v) is 7.65. The number of rotatable bonds is 8. The molecule has 32 heavy (non-hydrogen) atoms. The largest absolute Gasteiger partial charge is 0.466 e. The van der Waals surface area contributed by atoms with Crippen molar-refractivity contribution in [2.75, 3.05) is 6.61 Å². The van der Waals surface area contributed by atoms with Gasteiger partial charge in [-0.05, 0) is 42.2 Å². The van der Waals surface area contributed by atoms with Gasteiger partial charge in [-0.1, -0.05) is 29.9 Å². The number of hydrogen-bond acceptors (Lipinski definition) is 7. The molecule has 0 aliphatic heterocycles. The van der Waals surface area contributed by atoms with E-state index in [1.54, 1.807) is 6.92 Å². The van der Waals surface area contributed by atoms with Crippen LogP contribution >= 0.6 is 23.4 Å². The number of thioether (sulfide) groups is 1. The summed E-state index contributed by atoms with van der Waals surface area (Å²) in [5, 5.41) is 10.2. The minimum atomic E-state index is -4.60. The summed E-state index contributed by atoms with van der Waals surface area (Å²) in [5.41, 5.74) is -1.87. The van der Waals surface area contributed by atoms with Crippen LogP contribution in [-0.4, -0.2) is 22.6 Å². The average molecular weight is 490 g/mol. The van der Waals surface area contributed by atoms with Crippen LogP contribution in [0.15, 0.2) is 47.9 Å². The van der Waals surface area contributed by atoms with Crippen LogP contribution in [0.3, 0.4) is 0 Å². The fourth-order valence-electron chi connectivity index (χ4n) is 2.38. The molecule has 0 saturated heterocycles. The topological polar surface area (TPSA) is 95.7 Å². The summed E-state index contributed by atoms with van der Waals surface area (Å²) in [6, 6.07) is 5.65. The third-order valence-corrected chi connectivity index (χ3v) is 4.89. The lowest BCUT2D eigenvalue weighted by Crippen LogP contribution is -2.06. The molecule has 0 fully saturated rings. The monoisotopic (exact) mass is 489 g/mol. The maximum absolute atomic E-state index is 12.8. The lowest BCUT2D eigenvalue weighted by molar-refractivity contribution is -0.385. The molecule has 0 heterocycles. The second-order valence-electron chi connectivity index (χ2n) is 6.09. The smallest absolute Gasteiger partial charge is 0.416 e. The minimum absolute atomic E-state index is 0.0720. The molecule has 0 aliphatic rings. The Bertz CT molecular complexity index is 1070. The van der Waals surface area contributed by atoms with Gasteiger partial charge in [0.05, 0.1) is 28.5 Å². The standard InChI is InChI=1S/C20H15ClF3NO6S/c1-3-30-18(26)8-11(2)32-19(27)14-10-13(5-6-16(14)25(28)29)31-17-7-4-12(9-15(17)21)20(22,23)24/h4-7,9-10H,2-3,8H2,1H3. The lowest BCUT2D eigenvalue weighted by atomic mass is 10.2. The molecule has 0 radical (unpaired) electrons. The van der Waals surface area contributed by atoms with Crippen LogP contribution in [0.1, 0.15) is 29.3 Å². The molecule has 0 amide bonds. The first-order valence-electron chi connectivity index (χ1n) is 8.81. The summed E-state index contributed by atoms with van der Waals surface area (Å²) in [6.45, 7) is 5.33. The van der Waals surface area contributed by atoms with Gasteiger partial charge < -0.3 is 9.47 Å². The van der Waals surface area contributed by atoms with Crippen molar-refractivity contribution in [1.82, 2.24) is 0 Å². The molecule has 2 aromatic rings. The Hall–Kier alpha value is -3.05. The summed E-state index contributed by atoms with van der Waals surface area (Å²) in [7, 11) is 0. The molecule has 2 rings (SSSR count). The maximum Gasteiger partial charge on any atom is 0.416 e. The Morgan fingerprint density at radius 1 is 1.22 bits per heavy atom. The van der Waals surface area contributed by atoms with Gasteiger partial charge in [0.1, 0.15) is 17.1 Å². The van der Waals surface area contributed by atoms with E-state index in [4.69, 9.17) is 21.1 Å². The molecular formula is C20H15ClF3NO6S. The van der Waals surface area contributed by atoms with Gasteiger partial charge in [-0.3, -0.25) is 19.7 Å². The third kappa shape index (κ3) is 6.72. The van der Waals surface area contributed by atoms with Crippen LogP contribution in [0.25, 0.3) is 0 Å². The molecule has 2 aromatic carbocycles. The van der Waals surface area contributed by atoms with Crippen LogP contribution in [0.5, 0.6) is 11.5 Å². The SMILES string of the molecule is C=C(CC(=O)OCC)SC(=O)c1cc(Oc2ccc(C(F)(F)F)cc2Cl)ccc1[N+](=O)[O-]. The molecule has 12 heteroatoms. The Labute approximate surface area is 189 Å². The van der Waals surface area contributed by atoms with Crippen molar-refractivity contribution in [2.24, 2.45) is 0 Å². The molecule has 0 spiro atoms. The van der Waals surface area contributed by atoms with Crippen molar-refractivity contribution in [2.45, 2.75) is 19.5 Å². The second kappa shape index (κ2) is 10.5. The fourth-order valence-corrected chi connectivity index (χ4v) is 3.33. The predicted molar refractivity (Wildman–Crippen MR) is 112 cm³/mol. The molecule has 0 N–H and O–H groups in total. The summed E-state index contributed by atoms with van der Waals surface area (Å²) < 4.78 is 48.5. The average Bonchev–Trinajstić information content (AvgIpc) is 2.68. The minimum Gasteiger partial charge on any atom is -0.466 e. The van der Waals surface area contributed by atoms with E-state index in [0.717, 1.165) is 24.3 Å². The first kappa shape index (κ1) is 25.2. The molecule has 0 saturated carbocycles. The number of ether oxygens (including phenoxy) is 2. The number of nitro benzene ring substituents is 1. The molecule has 0 aromatic heterocycles. The molecule has 170 valence electrons. The highest BCUT2D eigenvalue weighted by Crippen LogP contribution is 2.38. The van der Waals surface area contributed by atoms with Crippen molar-refractivity contribution in [1.29, 1.82) is 0 Å². The van der Waals surface area contributed by atoms with Crippen molar-refractivity contribution in [3.8, 4) is 11.5 Å². The van der Waals surface area contributed by atoms with Gasteiger partial charge in [-0.2, -0.15) is 13.2 Å². The highest BCUT2D eigenvalue weighted by Gasteiger charge is 2.31. The number of alkyl halides is 3. The fraction of sp³-hybridized carbons (Fsp3) is 0.200. The van der Waals surface area contributed by atoms with Crippen molar-refractivity contribution in [3.05, 3.63) is 74.1 Å². The van der Waals surface area contributed by atoms with Gasteiger partial charge >= 0.3 is 12.1 Å². The van der Waals surface area contributed by atoms with E-state index in [-0.39, 0.29) is 40.0 Å². The molecule has 0 bridgehead atoms. The van der Waals surface area contributed by atoms with Gasteiger partial charge in [0.25, 0.3) is 5.69 Å². The van der Waals surface area contributed by atoms with Crippen molar-refractivity contribution in [3.63, 3.8) is 0 Å². The third-order valence-electron chi connectivity index (χ3n) is 3.76. The van der Waals surface area contributed by atoms with E-state index in [0.29, 0.717) is 17.8 Å². The van der Waals surface area contributed by atoms with Gasteiger partial charge in [0.2, 0.25) is 5.12 Å². The first-order chi connectivity index (χ1) is 14.9. The van der Waals surface area contributed by atoms with Crippen LogP contribution < -0.4 is 4.74 Å². The van der Waals surface area contributed by atoms with E-state index in [9.17, 15) is 32.9 Å². The van der Waals surface area contributed by atoms with Crippen molar-refractivity contribution < 1.29 is 37.2 Å². The highest BCUT2D eigenvalue weighted by atomic mass is 35.5. The van der Waals surface area contributed by atoms with E-state index in [1.807, 2.05) is 0 Å². The molecule has 0 unspecified atom stereocenters. The van der Waals surface area contributed by atoms with Gasteiger partial charge in [-0.15, -0.1) is 0 Å². The van der Waals surface area contributed by atoms with Gasteiger partial charge in [-0.25, -0.2) is 0 Å². The van der Waals surface area contributed by atoms with Crippen LogP contribution in [-0.2, 0) is 15.7 Å². The van der Waals surface area contributed by atoms with E-state index >= 15 is 0 Å². The van der Waals surface area contributed by atoms with Crippen LogP contribution in [0, 0.1) is 10.1 Å². The maximum atomic E-state index is 12.8.